The summed E-state index contributed by atoms with van der Waals surface area (Å²) in [6.07, 6.45) is 7.21. The average molecular weight is 483 g/mol. The first-order valence-corrected chi connectivity index (χ1v) is 13.7. The summed E-state index contributed by atoms with van der Waals surface area (Å²) < 4.78 is 2.31. The second kappa shape index (κ2) is 13.2. The van der Waals surface area contributed by atoms with Crippen molar-refractivity contribution in [3.05, 3.63) is 29.6 Å². The predicted molar refractivity (Wildman–Crippen MR) is 144 cm³/mol. The molecule has 0 spiro atoms. The van der Waals surface area contributed by atoms with E-state index in [9.17, 15) is 9.59 Å². The molecule has 0 bridgehead atoms. The van der Waals surface area contributed by atoms with E-state index in [0.717, 1.165) is 67.9 Å². The zero-order valence-electron chi connectivity index (χ0n) is 22.7. The van der Waals surface area contributed by atoms with Crippen LogP contribution in [0.5, 0.6) is 0 Å². The number of rotatable bonds is 13. The number of piperidine rings is 1. The molecule has 1 fully saturated rings. The van der Waals surface area contributed by atoms with Crippen molar-refractivity contribution >= 4 is 22.7 Å². The molecule has 0 radical (unpaired) electrons. The van der Waals surface area contributed by atoms with Crippen molar-refractivity contribution in [2.75, 3.05) is 32.7 Å². The lowest BCUT2D eigenvalue weighted by molar-refractivity contribution is -0.117. The summed E-state index contributed by atoms with van der Waals surface area (Å²) in [6, 6.07) is 5.98. The van der Waals surface area contributed by atoms with Crippen LogP contribution in [0.1, 0.15) is 89.3 Å². The number of Topliss-reactive ketones (excluding diaryl/α,β-unsaturated/α-hetero) is 1. The maximum atomic E-state index is 13.5. The lowest BCUT2D eigenvalue weighted by Crippen LogP contribution is -2.37. The Bertz CT molecular complexity index is 962. The number of nitrogens with zero attached hydrogens (tertiary/aromatic N) is 4. The molecular formula is C29H46N4O2. The minimum Gasteiger partial charge on any atom is -0.338 e. The van der Waals surface area contributed by atoms with Gasteiger partial charge in [-0.1, -0.05) is 34.1 Å². The summed E-state index contributed by atoms with van der Waals surface area (Å²) in [7, 11) is 0. The summed E-state index contributed by atoms with van der Waals surface area (Å²) >= 11 is 0. The highest BCUT2D eigenvalue weighted by atomic mass is 16.2. The van der Waals surface area contributed by atoms with Gasteiger partial charge in [0, 0.05) is 38.0 Å². The van der Waals surface area contributed by atoms with Crippen LogP contribution < -0.4 is 0 Å². The molecule has 2 aromatic rings. The normalized spacial score (nSPS) is 14.8. The summed E-state index contributed by atoms with van der Waals surface area (Å²) in [5.74, 6) is 2.21. The van der Waals surface area contributed by atoms with Crippen LogP contribution in [0.25, 0.3) is 11.0 Å². The molecule has 6 heteroatoms. The zero-order chi connectivity index (χ0) is 25.4. The Balaban J connectivity index is 1.85. The SMILES string of the molecule is CC(=O)CCCc1nc2ccc(C(=O)N(CC(C)C)CC(C)C)cc2n1CCCN1CCCCC1. The highest BCUT2D eigenvalue weighted by Crippen LogP contribution is 2.22. The zero-order valence-corrected chi connectivity index (χ0v) is 22.7. The van der Waals surface area contributed by atoms with Gasteiger partial charge in [-0.05, 0) is 82.3 Å². The Morgan fingerprint density at radius 3 is 2.29 bits per heavy atom. The van der Waals surface area contributed by atoms with Crippen LogP contribution in [-0.4, -0.2) is 63.8 Å². The molecule has 1 aliphatic heterocycles. The van der Waals surface area contributed by atoms with Crippen LogP contribution in [0, 0.1) is 11.8 Å². The topological polar surface area (TPSA) is 58.4 Å². The average Bonchev–Trinajstić information content (AvgIpc) is 3.14. The number of likely N-dealkylation sites (tertiary alicyclic amines) is 1. The van der Waals surface area contributed by atoms with Gasteiger partial charge in [-0.3, -0.25) is 4.79 Å². The smallest absolute Gasteiger partial charge is 0.253 e. The highest BCUT2D eigenvalue weighted by Gasteiger charge is 2.20. The quantitative estimate of drug-likeness (QED) is 0.374. The van der Waals surface area contributed by atoms with Crippen molar-refractivity contribution in [1.29, 1.82) is 0 Å². The third-order valence-electron chi connectivity index (χ3n) is 6.77. The van der Waals surface area contributed by atoms with Crippen LogP contribution >= 0.6 is 0 Å². The molecule has 0 aliphatic carbocycles. The molecule has 3 rings (SSSR count). The lowest BCUT2D eigenvalue weighted by Gasteiger charge is -2.27. The number of fused-ring (bicyclic) bond motifs is 1. The number of amides is 1. The molecule has 2 heterocycles. The Hall–Kier alpha value is -2.21. The van der Waals surface area contributed by atoms with E-state index in [-0.39, 0.29) is 11.7 Å². The van der Waals surface area contributed by atoms with Crippen molar-refractivity contribution in [3.63, 3.8) is 0 Å². The number of aryl methyl sites for hydroxylation is 2. The Labute approximate surface area is 212 Å². The standard InChI is InChI=1S/C29H46N4O2/c1-22(2)20-32(21-23(3)4)29(35)25-13-14-26-27(19-25)33(28(30-26)12-9-11-24(5)34)18-10-17-31-15-7-6-8-16-31/h13-14,19,22-23H,6-12,15-18,20-21H2,1-5H3. The molecule has 6 nitrogen and oxygen atoms in total. The van der Waals surface area contributed by atoms with Crippen LogP contribution in [0.3, 0.4) is 0 Å². The van der Waals surface area contributed by atoms with Crippen LogP contribution in [0.4, 0.5) is 0 Å². The number of aromatic nitrogens is 2. The first-order chi connectivity index (χ1) is 16.7. The number of carbonyl (C=O) groups is 2. The van der Waals surface area contributed by atoms with E-state index in [1.165, 1.54) is 32.4 Å². The van der Waals surface area contributed by atoms with Gasteiger partial charge in [-0.25, -0.2) is 4.98 Å². The third-order valence-corrected chi connectivity index (χ3v) is 6.77. The van der Waals surface area contributed by atoms with Crippen molar-refractivity contribution in [2.45, 2.75) is 86.1 Å². The van der Waals surface area contributed by atoms with E-state index in [2.05, 4.69) is 37.2 Å². The van der Waals surface area contributed by atoms with Gasteiger partial charge in [-0.15, -0.1) is 0 Å². The summed E-state index contributed by atoms with van der Waals surface area (Å²) in [5, 5.41) is 0. The van der Waals surface area contributed by atoms with E-state index in [1.54, 1.807) is 6.92 Å². The van der Waals surface area contributed by atoms with Crippen molar-refractivity contribution in [2.24, 2.45) is 11.8 Å². The number of benzene rings is 1. The van der Waals surface area contributed by atoms with Gasteiger partial charge in [0.25, 0.3) is 5.91 Å². The van der Waals surface area contributed by atoms with Crippen molar-refractivity contribution in [3.8, 4) is 0 Å². The van der Waals surface area contributed by atoms with E-state index in [4.69, 9.17) is 4.98 Å². The minimum atomic E-state index is 0.105. The summed E-state index contributed by atoms with van der Waals surface area (Å²) in [6.45, 7) is 16.2. The van der Waals surface area contributed by atoms with Crippen LogP contribution in [0.2, 0.25) is 0 Å². The maximum Gasteiger partial charge on any atom is 0.253 e. The molecule has 0 unspecified atom stereocenters. The van der Waals surface area contributed by atoms with Crippen LogP contribution in [-0.2, 0) is 17.8 Å². The first kappa shape index (κ1) is 27.4. The predicted octanol–water partition coefficient (Wildman–Crippen LogP) is 5.58. The van der Waals surface area contributed by atoms with Gasteiger partial charge < -0.3 is 19.2 Å². The number of carbonyl (C=O) groups excluding carboxylic acids is 2. The lowest BCUT2D eigenvalue weighted by atomic mass is 10.1. The highest BCUT2D eigenvalue weighted by molar-refractivity contribution is 5.97. The second-order valence-electron chi connectivity index (χ2n) is 11.2. The fraction of sp³-hybridized carbons (Fsp3) is 0.690. The van der Waals surface area contributed by atoms with Gasteiger partial charge in [0.15, 0.2) is 0 Å². The molecule has 1 saturated heterocycles. The summed E-state index contributed by atoms with van der Waals surface area (Å²) in [4.78, 5) is 34.5. The molecule has 194 valence electrons. The second-order valence-corrected chi connectivity index (χ2v) is 11.2. The molecule has 0 N–H and O–H groups in total. The minimum absolute atomic E-state index is 0.105. The van der Waals surface area contributed by atoms with Gasteiger partial charge in [0.1, 0.15) is 11.6 Å². The largest absolute Gasteiger partial charge is 0.338 e. The fourth-order valence-electron chi connectivity index (χ4n) is 5.18. The number of hydrogen-bond acceptors (Lipinski definition) is 4. The molecule has 1 aromatic carbocycles. The van der Waals surface area contributed by atoms with E-state index in [0.29, 0.717) is 18.3 Å². The number of ketones is 1. The molecular weight excluding hydrogens is 436 g/mol. The van der Waals surface area contributed by atoms with E-state index in [1.807, 2.05) is 23.1 Å². The van der Waals surface area contributed by atoms with E-state index >= 15 is 0 Å². The molecule has 0 saturated carbocycles. The van der Waals surface area contributed by atoms with Crippen molar-refractivity contribution < 1.29 is 9.59 Å². The van der Waals surface area contributed by atoms with Gasteiger partial charge in [0.05, 0.1) is 11.0 Å². The summed E-state index contributed by atoms with van der Waals surface area (Å²) in [5.41, 5.74) is 2.73. The molecule has 35 heavy (non-hydrogen) atoms. The maximum absolute atomic E-state index is 13.5. The number of imidazole rings is 1. The Morgan fingerprint density at radius 1 is 0.971 bits per heavy atom. The van der Waals surface area contributed by atoms with Gasteiger partial charge >= 0.3 is 0 Å². The number of hydrogen-bond donors (Lipinski definition) is 0. The molecule has 1 amide bonds. The first-order valence-electron chi connectivity index (χ1n) is 13.7. The molecule has 1 aliphatic rings. The molecule has 0 atom stereocenters. The van der Waals surface area contributed by atoms with E-state index < -0.39 is 0 Å². The van der Waals surface area contributed by atoms with Crippen LogP contribution in [0.15, 0.2) is 18.2 Å². The third kappa shape index (κ3) is 8.16. The Kier molecular flexibility index (Phi) is 10.3. The molecule has 1 aromatic heterocycles. The van der Waals surface area contributed by atoms with Gasteiger partial charge in [-0.2, -0.15) is 0 Å². The fourth-order valence-corrected chi connectivity index (χ4v) is 5.18. The van der Waals surface area contributed by atoms with Gasteiger partial charge in [0.2, 0.25) is 0 Å². The monoisotopic (exact) mass is 482 g/mol. The van der Waals surface area contributed by atoms with Crippen molar-refractivity contribution in [1.82, 2.24) is 19.4 Å². The Morgan fingerprint density at radius 2 is 1.66 bits per heavy atom.